The van der Waals surface area contributed by atoms with Crippen molar-refractivity contribution in [2.45, 2.75) is 57.5 Å². The second-order valence-electron chi connectivity index (χ2n) is 6.42. The Morgan fingerprint density at radius 3 is 2.71 bits per heavy atom. The Labute approximate surface area is 138 Å². The molecule has 0 saturated heterocycles. The number of alkyl halides is 3. The Morgan fingerprint density at radius 1 is 1.21 bits per heavy atom. The maximum absolute atomic E-state index is 12.2. The molecule has 132 valence electrons. The molecule has 0 radical (unpaired) electrons. The number of halogens is 3. The lowest BCUT2D eigenvalue weighted by atomic mass is 10.1. The number of nitrogens with one attached hydrogen (secondary N) is 1. The average molecular weight is 342 g/mol. The summed E-state index contributed by atoms with van der Waals surface area (Å²) in [6.07, 6.45) is 2.26. The number of hydrogen-bond acceptors (Lipinski definition) is 4. The third-order valence-electron chi connectivity index (χ3n) is 4.32. The monoisotopic (exact) mass is 342 g/mol. The molecule has 0 bridgehead atoms. The minimum Gasteiger partial charge on any atom is -0.406 e. The van der Waals surface area contributed by atoms with Crippen LogP contribution in [0.2, 0.25) is 0 Å². The van der Waals surface area contributed by atoms with Crippen LogP contribution in [0.25, 0.3) is 0 Å². The third kappa shape index (κ3) is 4.87. The van der Waals surface area contributed by atoms with Gasteiger partial charge in [0, 0.05) is 6.07 Å². The van der Waals surface area contributed by atoms with Crippen molar-refractivity contribution in [2.75, 3.05) is 5.32 Å². The molecule has 24 heavy (non-hydrogen) atoms. The second kappa shape index (κ2) is 7.01. The number of aliphatic imine (C=N–C) groups is 1. The van der Waals surface area contributed by atoms with E-state index in [1.807, 2.05) is 0 Å². The van der Waals surface area contributed by atoms with Gasteiger partial charge in [0.05, 0.1) is 17.1 Å². The van der Waals surface area contributed by atoms with Crippen molar-refractivity contribution >= 4 is 17.1 Å². The van der Waals surface area contributed by atoms with Crippen molar-refractivity contribution in [1.29, 1.82) is 0 Å². The molecular weight excluding hydrogens is 321 g/mol. The fourth-order valence-electron chi connectivity index (χ4n) is 2.89. The quantitative estimate of drug-likeness (QED) is 0.702. The number of anilines is 1. The second-order valence-corrected chi connectivity index (χ2v) is 6.42. The molecule has 1 unspecified atom stereocenters. The summed E-state index contributed by atoms with van der Waals surface area (Å²) in [5.41, 5.74) is 1.47. The topological polar surface area (TPSA) is 53.8 Å². The molecule has 0 amide bonds. The molecule has 0 spiro atoms. The van der Waals surface area contributed by atoms with E-state index >= 15 is 0 Å². The highest BCUT2D eigenvalue weighted by atomic mass is 19.4. The summed E-state index contributed by atoms with van der Waals surface area (Å²) in [4.78, 5) is 4.38. The van der Waals surface area contributed by atoms with Gasteiger partial charge in [-0.05, 0) is 30.9 Å². The van der Waals surface area contributed by atoms with Crippen LogP contribution in [0.3, 0.4) is 0 Å². The fraction of sp³-hybridized carbons (Fsp3) is 0.588. The van der Waals surface area contributed by atoms with E-state index in [9.17, 15) is 18.3 Å². The summed E-state index contributed by atoms with van der Waals surface area (Å²) < 4.78 is 40.6. The Kier molecular flexibility index (Phi) is 4.99. The predicted molar refractivity (Wildman–Crippen MR) is 85.7 cm³/mol. The van der Waals surface area contributed by atoms with E-state index in [0.717, 1.165) is 18.8 Å². The van der Waals surface area contributed by atoms with Crippen LogP contribution in [0.15, 0.2) is 23.2 Å². The summed E-state index contributed by atoms with van der Waals surface area (Å²) in [6, 6.07) is 3.88. The first-order valence-corrected chi connectivity index (χ1v) is 8.32. The first-order valence-electron chi connectivity index (χ1n) is 8.32. The first-order chi connectivity index (χ1) is 11.4. The number of benzene rings is 1. The van der Waals surface area contributed by atoms with Crippen LogP contribution in [0.1, 0.15) is 44.9 Å². The van der Waals surface area contributed by atoms with Gasteiger partial charge in [0.15, 0.2) is 6.23 Å². The van der Waals surface area contributed by atoms with Crippen molar-refractivity contribution in [1.82, 2.24) is 0 Å². The SMILES string of the molecule is OC1Nc2cc(OC(F)(F)F)ccc2N=C1CCCCCC1CC1. The highest BCUT2D eigenvalue weighted by Gasteiger charge is 2.31. The molecule has 2 N–H and O–H groups in total. The molecule has 1 heterocycles. The number of rotatable bonds is 7. The highest BCUT2D eigenvalue weighted by Crippen LogP contribution is 2.36. The Balaban J connectivity index is 1.57. The minimum absolute atomic E-state index is 0.334. The molecule has 1 saturated carbocycles. The van der Waals surface area contributed by atoms with E-state index < -0.39 is 12.6 Å². The van der Waals surface area contributed by atoms with Gasteiger partial charge < -0.3 is 15.2 Å². The first kappa shape index (κ1) is 17.1. The fourth-order valence-corrected chi connectivity index (χ4v) is 2.89. The van der Waals surface area contributed by atoms with Crippen molar-refractivity contribution in [3.63, 3.8) is 0 Å². The highest BCUT2D eigenvalue weighted by molar-refractivity contribution is 5.97. The average Bonchev–Trinajstić information content (AvgIpc) is 3.30. The van der Waals surface area contributed by atoms with Gasteiger partial charge >= 0.3 is 6.36 Å². The summed E-state index contributed by atoms with van der Waals surface area (Å²) >= 11 is 0. The molecule has 1 aromatic carbocycles. The standard InChI is InChI=1S/C17H21F3N2O2/c18-17(19,20)24-12-8-9-13-15(10-12)22-16(23)14(21-13)5-3-1-2-4-11-6-7-11/h8-11,16,22-23H,1-7H2. The Morgan fingerprint density at radius 2 is 2.00 bits per heavy atom. The molecule has 2 aliphatic rings. The number of hydrogen-bond donors (Lipinski definition) is 2. The molecule has 3 rings (SSSR count). The summed E-state index contributed by atoms with van der Waals surface area (Å²) in [5.74, 6) is 0.601. The lowest BCUT2D eigenvalue weighted by Crippen LogP contribution is -2.31. The molecule has 7 heteroatoms. The van der Waals surface area contributed by atoms with E-state index in [2.05, 4.69) is 15.0 Å². The van der Waals surface area contributed by atoms with Crippen LogP contribution in [-0.2, 0) is 0 Å². The van der Waals surface area contributed by atoms with Crippen molar-refractivity contribution in [2.24, 2.45) is 10.9 Å². The molecule has 1 atom stereocenters. The Bertz CT molecular complexity index is 612. The van der Waals surface area contributed by atoms with Gasteiger partial charge in [0.25, 0.3) is 0 Å². The van der Waals surface area contributed by atoms with Crippen LogP contribution < -0.4 is 10.1 Å². The molecular formula is C17H21F3N2O2. The number of aliphatic hydroxyl groups excluding tert-OH is 1. The maximum Gasteiger partial charge on any atom is 0.573 e. The predicted octanol–water partition coefficient (Wildman–Crippen LogP) is 4.76. The summed E-state index contributed by atoms with van der Waals surface area (Å²) in [6.45, 7) is 0. The van der Waals surface area contributed by atoms with Crippen molar-refractivity contribution < 1.29 is 23.0 Å². The Hall–Kier alpha value is -1.76. The van der Waals surface area contributed by atoms with E-state index in [4.69, 9.17) is 0 Å². The maximum atomic E-state index is 12.2. The normalized spacial score (nSPS) is 20.2. The zero-order chi connectivity index (χ0) is 17.2. The molecule has 1 aliphatic heterocycles. The van der Waals surface area contributed by atoms with Gasteiger partial charge in [-0.15, -0.1) is 13.2 Å². The minimum atomic E-state index is -4.74. The largest absolute Gasteiger partial charge is 0.573 e. The number of fused-ring (bicyclic) bond motifs is 1. The van der Waals surface area contributed by atoms with Crippen molar-refractivity contribution in [3.8, 4) is 5.75 Å². The zero-order valence-corrected chi connectivity index (χ0v) is 13.3. The van der Waals surface area contributed by atoms with Crippen LogP contribution in [0, 0.1) is 5.92 Å². The lowest BCUT2D eigenvalue weighted by Gasteiger charge is -2.24. The molecule has 1 aliphatic carbocycles. The summed E-state index contributed by atoms with van der Waals surface area (Å²) in [5, 5.41) is 12.9. The molecule has 4 nitrogen and oxygen atoms in total. The van der Waals surface area contributed by atoms with Gasteiger partial charge in [-0.2, -0.15) is 0 Å². The van der Waals surface area contributed by atoms with E-state index in [1.165, 1.54) is 43.9 Å². The van der Waals surface area contributed by atoms with Crippen molar-refractivity contribution in [3.05, 3.63) is 18.2 Å². The number of ether oxygens (including phenoxy) is 1. The lowest BCUT2D eigenvalue weighted by molar-refractivity contribution is -0.274. The summed E-state index contributed by atoms with van der Waals surface area (Å²) in [7, 11) is 0. The van der Waals surface area contributed by atoms with Gasteiger partial charge in [0.2, 0.25) is 0 Å². The third-order valence-corrected chi connectivity index (χ3v) is 4.32. The number of unbranched alkanes of at least 4 members (excludes halogenated alkanes) is 2. The molecule has 1 aromatic rings. The van der Waals surface area contributed by atoms with Gasteiger partial charge in [-0.3, -0.25) is 4.99 Å². The zero-order valence-electron chi connectivity index (χ0n) is 13.3. The van der Waals surface area contributed by atoms with E-state index in [0.29, 0.717) is 23.5 Å². The number of nitrogens with zero attached hydrogens (tertiary/aromatic N) is 1. The molecule has 1 fully saturated rings. The van der Waals surface area contributed by atoms with E-state index in [-0.39, 0.29) is 5.75 Å². The van der Waals surface area contributed by atoms with Gasteiger partial charge in [0.1, 0.15) is 5.75 Å². The van der Waals surface area contributed by atoms with Gasteiger partial charge in [-0.1, -0.05) is 32.1 Å². The van der Waals surface area contributed by atoms with E-state index in [1.54, 1.807) is 0 Å². The number of aliphatic hydroxyl groups is 1. The van der Waals surface area contributed by atoms with Crippen LogP contribution in [0.4, 0.5) is 24.5 Å². The smallest absolute Gasteiger partial charge is 0.406 e. The van der Waals surface area contributed by atoms with Gasteiger partial charge in [-0.25, -0.2) is 0 Å². The molecule has 0 aromatic heterocycles. The van der Waals surface area contributed by atoms with Crippen LogP contribution >= 0.6 is 0 Å². The van der Waals surface area contributed by atoms with Crippen LogP contribution in [0.5, 0.6) is 5.75 Å². The van der Waals surface area contributed by atoms with Crippen LogP contribution in [-0.4, -0.2) is 23.4 Å².